The first-order valence-electron chi connectivity index (χ1n) is 8.26. The number of rotatable bonds is 2. The second-order valence-corrected chi connectivity index (χ2v) is 9.23. The highest BCUT2D eigenvalue weighted by Crippen LogP contribution is 2.63. The molecule has 24 heavy (non-hydrogen) atoms. The van der Waals surface area contributed by atoms with Crippen molar-refractivity contribution in [3.63, 3.8) is 0 Å². The molecule has 0 radical (unpaired) electrons. The summed E-state index contributed by atoms with van der Waals surface area (Å²) >= 11 is 3.12. The van der Waals surface area contributed by atoms with Gasteiger partial charge in [0, 0.05) is 28.2 Å². The van der Waals surface area contributed by atoms with Gasteiger partial charge in [-0.25, -0.2) is 0 Å². The predicted molar refractivity (Wildman–Crippen MR) is 93.8 cm³/mol. The van der Waals surface area contributed by atoms with Gasteiger partial charge < -0.3 is 4.98 Å². The normalized spacial score (nSPS) is 33.2. The second-order valence-electron chi connectivity index (χ2n) is 7.03. The number of hydrogen-bond donors (Lipinski definition) is 1. The maximum atomic E-state index is 11.9. The minimum atomic E-state index is -0.333. The van der Waals surface area contributed by atoms with Crippen LogP contribution in [0.15, 0.2) is 34.1 Å². The fourth-order valence-electron chi connectivity index (χ4n) is 5.05. The first-order chi connectivity index (χ1) is 11.6. The summed E-state index contributed by atoms with van der Waals surface area (Å²) < 4.78 is 0. The van der Waals surface area contributed by atoms with E-state index >= 15 is 0 Å². The third kappa shape index (κ3) is 2.04. The average molecular weight is 360 g/mol. The highest BCUT2D eigenvalue weighted by Gasteiger charge is 2.54. The van der Waals surface area contributed by atoms with Gasteiger partial charge in [-0.3, -0.25) is 14.9 Å². The van der Waals surface area contributed by atoms with E-state index in [1.54, 1.807) is 18.2 Å². The highest BCUT2D eigenvalue weighted by molar-refractivity contribution is 8.00. The number of H-pyrrole nitrogens is 1. The zero-order valence-electron chi connectivity index (χ0n) is 12.8. The molecule has 2 aliphatic carbocycles. The number of thioether (sulfide) groups is 1. The monoisotopic (exact) mass is 360 g/mol. The minimum absolute atomic E-state index is 0.0183. The summed E-state index contributed by atoms with van der Waals surface area (Å²) in [5.41, 5.74) is 1.12. The summed E-state index contributed by atoms with van der Waals surface area (Å²) in [4.78, 5) is 26.9. The molecule has 1 aromatic heterocycles. The minimum Gasteiger partial charge on any atom is -0.307 e. The van der Waals surface area contributed by atoms with Crippen LogP contribution in [-0.2, 0) is 0 Å². The van der Waals surface area contributed by atoms with E-state index in [9.17, 15) is 14.9 Å². The lowest BCUT2D eigenvalue weighted by molar-refractivity contribution is -0.384. The van der Waals surface area contributed by atoms with Crippen molar-refractivity contribution in [2.45, 2.75) is 35.5 Å². The van der Waals surface area contributed by atoms with Crippen molar-refractivity contribution in [3.8, 4) is 0 Å². The molecular formula is C17H16N2O3S2. The molecule has 0 saturated heterocycles. The van der Waals surface area contributed by atoms with Gasteiger partial charge in [-0.2, -0.15) is 0 Å². The summed E-state index contributed by atoms with van der Waals surface area (Å²) in [6, 6.07) is 7.01. The molecule has 2 heterocycles. The average Bonchev–Trinajstić information content (AvgIpc) is 3.26. The van der Waals surface area contributed by atoms with Gasteiger partial charge in [-0.1, -0.05) is 23.5 Å². The van der Waals surface area contributed by atoms with Crippen molar-refractivity contribution in [2.24, 2.45) is 17.8 Å². The van der Waals surface area contributed by atoms with Crippen molar-refractivity contribution < 1.29 is 4.92 Å². The molecule has 0 amide bonds. The molecule has 1 N–H and O–H groups in total. The van der Waals surface area contributed by atoms with Crippen molar-refractivity contribution in [1.29, 1.82) is 0 Å². The Balaban J connectivity index is 1.68. The zero-order valence-corrected chi connectivity index (χ0v) is 14.4. The Hall–Kier alpha value is -1.60. The summed E-state index contributed by atoms with van der Waals surface area (Å²) in [6.45, 7) is 0. The number of nitrogens with zero attached hydrogens (tertiary/aromatic N) is 1. The highest BCUT2D eigenvalue weighted by atomic mass is 32.2. The molecule has 124 valence electrons. The van der Waals surface area contributed by atoms with Crippen LogP contribution < -0.4 is 4.87 Å². The Morgan fingerprint density at radius 2 is 2.08 bits per heavy atom. The standard InChI is InChI=1S/C17H16N2O3S2/c20-17-18-16-15(24-17)13(8-2-1-3-11(7-8)19(21)22)12-9-4-5-10(6-9)14(12)23-16/h1-3,7,9-10,12-14H,4-6H2,(H,18,20)/t9-,10-,12-,13+,14+/m1/s1. The Kier molecular flexibility index (Phi) is 3.19. The van der Waals surface area contributed by atoms with Crippen molar-refractivity contribution in [2.75, 3.05) is 0 Å². The van der Waals surface area contributed by atoms with Gasteiger partial charge in [-0.15, -0.1) is 11.8 Å². The smallest absolute Gasteiger partial charge is 0.305 e. The van der Waals surface area contributed by atoms with Crippen LogP contribution in [0.4, 0.5) is 5.69 Å². The number of nitrogens with one attached hydrogen (secondary N) is 1. The number of thiazole rings is 1. The number of non-ortho nitro benzene ring substituents is 1. The van der Waals surface area contributed by atoms with Crippen LogP contribution in [-0.4, -0.2) is 15.2 Å². The van der Waals surface area contributed by atoms with Gasteiger partial charge in [0.25, 0.3) is 5.69 Å². The zero-order chi connectivity index (χ0) is 16.4. The fraction of sp³-hybridized carbons (Fsp3) is 0.471. The SMILES string of the molecule is O=c1[nH]c2c(s1)[C@@H](c1cccc([N+](=O)[O-])c1)[C@H]1[C@@H]3CC[C@H](C3)[C@@H]1S2. The van der Waals surface area contributed by atoms with Crippen molar-refractivity contribution in [3.05, 3.63) is 54.5 Å². The van der Waals surface area contributed by atoms with Crippen LogP contribution in [0.2, 0.25) is 0 Å². The van der Waals surface area contributed by atoms with Crippen molar-refractivity contribution >= 4 is 28.8 Å². The molecule has 0 spiro atoms. The Bertz CT molecular complexity index is 890. The van der Waals surface area contributed by atoms with E-state index in [1.807, 2.05) is 17.8 Å². The summed E-state index contributed by atoms with van der Waals surface area (Å²) in [5, 5.41) is 12.7. The van der Waals surface area contributed by atoms with Gasteiger partial charge in [0.1, 0.15) is 0 Å². The summed E-state index contributed by atoms with van der Waals surface area (Å²) in [7, 11) is 0. The lowest BCUT2D eigenvalue weighted by atomic mass is 9.75. The maximum Gasteiger partial charge on any atom is 0.305 e. The molecule has 2 bridgehead atoms. The molecule has 2 saturated carbocycles. The molecule has 2 fully saturated rings. The number of benzene rings is 1. The molecule has 3 aliphatic rings. The lowest BCUT2D eigenvalue weighted by Crippen LogP contribution is -2.33. The van der Waals surface area contributed by atoms with Crippen LogP contribution in [0.3, 0.4) is 0 Å². The second kappa shape index (κ2) is 5.20. The molecule has 2 aromatic rings. The van der Waals surface area contributed by atoms with E-state index in [0.29, 0.717) is 17.1 Å². The van der Waals surface area contributed by atoms with E-state index < -0.39 is 0 Å². The van der Waals surface area contributed by atoms with Gasteiger partial charge in [0.2, 0.25) is 0 Å². The third-order valence-corrected chi connectivity index (χ3v) is 8.53. The molecule has 5 atom stereocenters. The molecule has 5 nitrogen and oxygen atoms in total. The molecular weight excluding hydrogens is 344 g/mol. The number of nitro groups is 1. The number of hydrogen-bond acceptors (Lipinski definition) is 5. The van der Waals surface area contributed by atoms with Crippen LogP contribution in [0, 0.1) is 27.9 Å². The van der Waals surface area contributed by atoms with Crippen LogP contribution in [0.1, 0.15) is 35.6 Å². The van der Waals surface area contributed by atoms with Crippen molar-refractivity contribution in [1.82, 2.24) is 4.98 Å². The van der Waals surface area contributed by atoms with Gasteiger partial charge in [0.15, 0.2) is 0 Å². The van der Waals surface area contributed by atoms with Crippen LogP contribution in [0.25, 0.3) is 0 Å². The van der Waals surface area contributed by atoms with E-state index in [0.717, 1.165) is 21.4 Å². The molecule has 1 aliphatic heterocycles. The van der Waals surface area contributed by atoms with E-state index in [2.05, 4.69) is 4.98 Å². The van der Waals surface area contributed by atoms with Gasteiger partial charge in [-0.05, 0) is 42.6 Å². The predicted octanol–water partition coefficient (Wildman–Crippen LogP) is 4.00. The van der Waals surface area contributed by atoms with Gasteiger partial charge in [0.05, 0.1) is 9.95 Å². The maximum absolute atomic E-state index is 11.9. The largest absolute Gasteiger partial charge is 0.307 e. The van der Waals surface area contributed by atoms with E-state index in [4.69, 9.17) is 0 Å². The molecule has 0 unspecified atom stereocenters. The third-order valence-electron chi connectivity index (χ3n) is 5.91. The first-order valence-corrected chi connectivity index (χ1v) is 9.95. The van der Waals surface area contributed by atoms with E-state index in [-0.39, 0.29) is 21.4 Å². The number of aromatic nitrogens is 1. The lowest BCUT2D eigenvalue weighted by Gasteiger charge is -2.40. The number of aromatic amines is 1. The van der Waals surface area contributed by atoms with Gasteiger partial charge >= 0.3 is 4.87 Å². The van der Waals surface area contributed by atoms with Crippen LogP contribution in [0.5, 0.6) is 0 Å². The summed E-state index contributed by atoms with van der Waals surface area (Å²) in [6.07, 6.45) is 3.81. The summed E-state index contributed by atoms with van der Waals surface area (Å²) in [5.74, 6) is 2.02. The number of fused-ring (bicyclic) bond motifs is 6. The molecule has 5 rings (SSSR count). The fourth-order valence-corrected chi connectivity index (χ4v) is 7.95. The van der Waals surface area contributed by atoms with Crippen LogP contribution >= 0.6 is 23.1 Å². The van der Waals surface area contributed by atoms with E-state index in [1.165, 1.54) is 30.6 Å². The topological polar surface area (TPSA) is 76.0 Å². The first kappa shape index (κ1) is 14.7. The Labute approximate surface area is 146 Å². The molecule has 7 heteroatoms. The Morgan fingerprint density at radius 1 is 1.25 bits per heavy atom. The Morgan fingerprint density at radius 3 is 2.92 bits per heavy atom. The quantitative estimate of drug-likeness (QED) is 0.649. The molecule has 1 aromatic carbocycles. The number of nitro benzene ring substituents is 1.